The molecule has 3 N–H and O–H groups in total. The van der Waals surface area contributed by atoms with E-state index < -0.39 is 18.0 Å². The van der Waals surface area contributed by atoms with E-state index in [0.717, 1.165) is 15.1 Å². The number of hydrogen-bond acceptors (Lipinski definition) is 3. The van der Waals surface area contributed by atoms with Crippen LogP contribution in [0.25, 0.3) is 0 Å². The molecule has 5 nitrogen and oxygen atoms in total. The first-order chi connectivity index (χ1) is 9.38. The molecule has 1 atom stereocenters. The summed E-state index contributed by atoms with van der Waals surface area (Å²) in [6.07, 6.45) is 1.15. The highest BCUT2D eigenvalue weighted by atomic mass is 79.9. The summed E-state index contributed by atoms with van der Waals surface area (Å²) in [5, 5.41) is 14.2. The number of carbonyl (C=O) groups excluding carboxylic acids is 1. The van der Waals surface area contributed by atoms with Gasteiger partial charge in [-0.3, -0.25) is 0 Å². The number of hydrogen-bond donors (Lipinski definition) is 3. The van der Waals surface area contributed by atoms with Crippen LogP contribution in [0.4, 0.5) is 4.79 Å². The van der Waals surface area contributed by atoms with E-state index >= 15 is 0 Å². The van der Waals surface area contributed by atoms with E-state index in [4.69, 9.17) is 5.11 Å². The van der Waals surface area contributed by atoms with Crippen molar-refractivity contribution in [3.8, 4) is 0 Å². The Hall–Kier alpha value is -1.08. The van der Waals surface area contributed by atoms with E-state index in [1.807, 2.05) is 26.0 Å². The zero-order valence-corrected chi connectivity index (χ0v) is 13.9. The summed E-state index contributed by atoms with van der Waals surface area (Å²) in [6.45, 7) is 4.32. The van der Waals surface area contributed by atoms with E-state index in [2.05, 4.69) is 26.6 Å². The van der Waals surface area contributed by atoms with Gasteiger partial charge in [0.05, 0.1) is 3.79 Å². The molecule has 2 amide bonds. The third-order valence-corrected chi connectivity index (χ3v) is 4.28. The summed E-state index contributed by atoms with van der Waals surface area (Å²) in [6, 6.07) is 2.68. The molecule has 0 aromatic carbocycles. The van der Waals surface area contributed by atoms with Crippen molar-refractivity contribution in [2.75, 3.05) is 6.54 Å². The fourth-order valence-electron chi connectivity index (χ4n) is 1.69. The molecule has 0 saturated carbocycles. The van der Waals surface area contributed by atoms with E-state index in [1.54, 1.807) is 11.3 Å². The molecular weight excluding hydrogens is 344 g/mol. The summed E-state index contributed by atoms with van der Waals surface area (Å²) in [5.41, 5.74) is 0. The topological polar surface area (TPSA) is 78.4 Å². The molecule has 112 valence electrons. The largest absolute Gasteiger partial charge is 0.480 e. The molecule has 0 aliphatic rings. The Bertz CT molecular complexity index is 462. The average Bonchev–Trinajstić information content (AvgIpc) is 2.73. The number of rotatable bonds is 7. The molecule has 0 aliphatic heterocycles. The third kappa shape index (κ3) is 6.38. The SMILES string of the molecule is CC(C)C[C@H](NC(=O)NCCc1ccc(Br)s1)C(=O)O. The van der Waals surface area contributed by atoms with Crippen molar-refractivity contribution in [2.45, 2.75) is 32.7 Å². The molecule has 0 bridgehead atoms. The van der Waals surface area contributed by atoms with Gasteiger partial charge in [-0.2, -0.15) is 0 Å². The molecule has 0 radical (unpaired) electrons. The van der Waals surface area contributed by atoms with Crippen LogP contribution in [-0.2, 0) is 11.2 Å². The fourth-order valence-corrected chi connectivity index (χ4v) is 3.17. The molecule has 0 spiro atoms. The van der Waals surface area contributed by atoms with Gasteiger partial charge in [-0.1, -0.05) is 13.8 Å². The first-order valence-corrected chi connectivity index (χ1v) is 8.00. The van der Waals surface area contributed by atoms with Crippen LogP contribution in [0.3, 0.4) is 0 Å². The van der Waals surface area contributed by atoms with Gasteiger partial charge in [-0.15, -0.1) is 11.3 Å². The van der Waals surface area contributed by atoms with Gasteiger partial charge in [-0.05, 0) is 46.8 Å². The molecule has 0 aliphatic carbocycles. The van der Waals surface area contributed by atoms with Gasteiger partial charge in [0, 0.05) is 11.4 Å². The zero-order valence-electron chi connectivity index (χ0n) is 11.5. The van der Waals surface area contributed by atoms with Crippen molar-refractivity contribution in [3.05, 3.63) is 20.8 Å². The molecule has 1 heterocycles. The molecular formula is C13H19BrN2O3S. The van der Waals surface area contributed by atoms with E-state index in [0.29, 0.717) is 13.0 Å². The predicted molar refractivity (Wildman–Crippen MR) is 83.1 cm³/mol. The smallest absolute Gasteiger partial charge is 0.326 e. The summed E-state index contributed by atoms with van der Waals surface area (Å²) in [4.78, 5) is 23.8. The van der Waals surface area contributed by atoms with Crippen LogP contribution < -0.4 is 10.6 Å². The molecule has 0 fully saturated rings. The molecule has 7 heteroatoms. The number of urea groups is 1. The van der Waals surface area contributed by atoms with Crippen molar-refractivity contribution in [3.63, 3.8) is 0 Å². The summed E-state index contributed by atoms with van der Waals surface area (Å²) >= 11 is 5.00. The number of aliphatic carboxylic acids is 1. The van der Waals surface area contributed by atoms with Gasteiger partial charge in [0.1, 0.15) is 6.04 Å². The molecule has 0 saturated heterocycles. The molecule has 1 rings (SSSR count). The van der Waals surface area contributed by atoms with Gasteiger partial charge < -0.3 is 15.7 Å². The van der Waals surface area contributed by atoms with E-state index in [9.17, 15) is 9.59 Å². The quantitative estimate of drug-likeness (QED) is 0.697. The maximum atomic E-state index is 11.6. The van der Waals surface area contributed by atoms with E-state index in [-0.39, 0.29) is 5.92 Å². The second kappa shape index (κ2) is 8.26. The summed E-state index contributed by atoms with van der Waals surface area (Å²) in [7, 11) is 0. The minimum atomic E-state index is -1.00. The molecule has 1 aromatic heterocycles. The Morgan fingerprint density at radius 1 is 1.40 bits per heavy atom. The second-order valence-electron chi connectivity index (χ2n) is 4.88. The Morgan fingerprint density at radius 2 is 2.10 bits per heavy atom. The minimum Gasteiger partial charge on any atom is -0.480 e. The van der Waals surface area contributed by atoms with Crippen molar-refractivity contribution < 1.29 is 14.7 Å². The second-order valence-corrected chi connectivity index (χ2v) is 7.42. The normalized spacial score (nSPS) is 12.2. The van der Waals surface area contributed by atoms with Crippen LogP contribution in [0, 0.1) is 5.92 Å². The lowest BCUT2D eigenvalue weighted by molar-refractivity contribution is -0.139. The van der Waals surface area contributed by atoms with Crippen LogP contribution in [0.2, 0.25) is 0 Å². The van der Waals surface area contributed by atoms with Crippen molar-refractivity contribution >= 4 is 39.3 Å². The number of carbonyl (C=O) groups is 2. The third-order valence-electron chi connectivity index (χ3n) is 2.60. The van der Waals surface area contributed by atoms with Gasteiger partial charge in [0.15, 0.2) is 0 Å². The number of nitrogens with one attached hydrogen (secondary N) is 2. The highest BCUT2D eigenvalue weighted by Crippen LogP contribution is 2.21. The number of carboxylic acids is 1. The maximum Gasteiger partial charge on any atom is 0.326 e. The molecule has 1 aromatic rings. The monoisotopic (exact) mass is 362 g/mol. The molecule has 20 heavy (non-hydrogen) atoms. The zero-order chi connectivity index (χ0) is 15.1. The predicted octanol–water partition coefficient (Wildman–Crippen LogP) is 2.85. The van der Waals surface area contributed by atoms with Crippen molar-refractivity contribution in [1.29, 1.82) is 0 Å². The highest BCUT2D eigenvalue weighted by Gasteiger charge is 2.20. The van der Waals surface area contributed by atoms with Crippen LogP contribution >= 0.6 is 27.3 Å². The van der Waals surface area contributed by atoms with Crippen LogP contribution in [0.1, 0.15) is 25.1 Å². The van der Waals surface area contributed by atoms with Gasteiger partial charge in [0.25, 0.3) is 0 Å². The lowest BCUT2D eigenvalue weighted by Gasteiger charge is -2.16. The number of amides is 2. The standard InChI is InChI=1S/C13H19BrN2O3S/c1-8(2)7-10(12(17)18)16-13(19)15-6-5-9-3-4-11(14)20-9/h3-4,8,10H,5-7H2,1-2H3,(H,17,18)(H2,15,16,19)/t10-/m0/s1. The van der Waals surface area contributed by atoms with Crippen molar-refractivity contribution in [2.24, 2.45) is 5.92 Å². The Kier molecular flexibility index (Phi) is 7.01. The summed E-state index contributed by atoms with van der Waals surface area (Å²) < 4.78 is 1.06. The van der Waals surface area contributed by atoms with Crippen LogP contribution in [0.5, 0.6) is 0 Å². The van der Waals surface area contributed by atoms with Crippen molar-refractivity contribution in [1.82, 2.24) is 10.6 Å². The van der Waals surface area contributed by atoms with E-state index in [1.165, 1.54) is 0 Å². The lowest BCUT2D eigenvalue weighted by Crippen LogP contribution is -2.47. The summed E-state index contributed by atoms with van der Waals surface area (Å²) in [5.74, 6) is -0.795. The Labute approximate surface area is 130 Å². The Balaban J connectivity index is 2.32. The van der Waals surface area contributed by atoms with Crippen LogP contribution in [-0.4, -0.2) is 29.7 Å². The lowest BCUT2D eigenvalue weighted by atomic mass is 10.0. The first kappa shape index (κ1) is 17.0. The number of halogens is 1. The fraction of sp³-hybridized carbons (Fsp3) is 0.538. The number of thiophene rings is 1. The Morgan fingerprint density at radius 3 is 2.60 bits per heavy atom. The van der Waals surface area contributed by atoms with Crippen LogP contribution in [0.15, 0.2) is 15.9 Å². The maximum absolute atomic E-state index is 11.6. The van der Waals surface area contributed by atoms with Gasteiger partial charge >= 0.3 is 12.0 Å². The average molecular weight is 363 g/mol. The molecule has 0 unspecified atom stereocenters. The first-order valence-electron chi connectivity index (χ1n) is 6.40. The number of carboxylic acid groups (broad SMARTS) is 1. The van der Waals surface area contributed by atoms with Gasteiger partial charge in [-0.25, -0.2) is 9.59 Å². The van der Waals surface area contributed by atoms with Gasteiger partial charge in [0.2, 0.25) is 0 Å². The highest BCUT2D eigenvalue weighted by molar-refractivity contribution is 9.11. The minimum absolute atomic E-state index is 0.208.